The molecule has 0 aromatic rings. The van der Waals surface area contributed by atoms with Crippen molar-refractivity contribution in [1.82, 2.24) is 15.1 Å². The SMILES string of the molecule is CCCCN1CCC(NC(C)C2CCN(C)CC2)CC1. The molecule has 2 fully saturated rings. The zero-order chi connectivity index (χ0) is 14.4. The van der Waals surface area contributed by atoms with E-state index in [1.165, 1.54) is 71.2 Å². The number of piperidine rings is 2. The molecule has 1 N–H and O–H groups in total. The van der Waals surface area contributed by atoms with Crippen LogP contribution in [-0.4, -0.2) is 61.7 Å². The standard InChI is InChI=1S/C17H35N3/c1-4-5-10-20-13-8-17(9-14-20)18-15(2)16-6-11-19(3)12-7-16/h15-18H,4-14H2,1-3H3. The van der Waals surface area contributed by atoms with Crippen LogP contribution >= 0.6 is 0 Å². The van der Waals surface area contributed by atoms with E-state index in [4.69, 9.17) is 0 Å². The van der Waals surface area contributed by atoms with E-state index in [0.717, 1.165) is 12.0 Å². The monoisotopic (exact) mass is 281 g/mol. The number of unbranched alkanes of at least 4 members (excludes halogenated alkanes) is 1. The summed E-state index contributed by atoms with van der Waals surface area (Å²) in [5.41, 5.74) is 0. The molecule has 3 nitrogen and oxygen atoms in total. The van der Waals surface area contributed by atoms with Crippen LogP contribution in [0.15, 0.2) is 0 Å². The van der Waals surface area contributed by atoms with Gasteiger partial charge in [-0.05, 0) is 84.7 Å². The quantitative estimate of drug-likeness (QED) is 0.807. The molecule has 2 saturated heterocycles. The second kappa shape index (κ2) is 8.35. The molecule has 2 aliphatic rings. The molecule has 3 heteroatoms. The highest BCUT2D eigenvalue weighted by Gasteiger charge is 2.25. The normalized spacial score (nSPS) is 25.9. The molecule has 20 heavy (non-hydrogen) atoms. The van der Waals surface area contributed by atoms with Crippen LogP contribution < -0.4 is 5.32 Å². The molecule has 0 aromatic heterocycles. The highest BCUT2D eigenvalue weighted by Crippen LogP contribution is 2.21. The molecule has 1 atom stereocenters. The Balaban J connectivity index is 1.64. The molecule has 0 bridgehead atoms. The molecule has 2 heterocycles. The Morgan fingerprint density at radius 3 is 2.30 bits per heavy atom. The molecule has 2 aliphatic heterocycles. The van der Waals surface area contributed by atoms with Crippen molar-refractivity contribution >= 4 is 0 Å². The van der Waals surface area contributed by atoms with Crippen molar-refractivity contribution in [2.24, 2.45) is 5.92 Å². The van der Waals surface area contributed by atoms with Crippen LogP contribution in [0.5, 0.6) is 0 Å². The fraction of sp³-hybridized carbons (Fsp3) is 1.00. The Hall–Kier alpha value is -0.120. The lowest BCUT2D eigenvalue weighted by Crippen LogP contribution is -2.49. The van der Waals surface area contributed by atoms with Gasteiger partial charge in [-0.25, -0.2) is 0 Å². The summed E-state index contributed by atoms with van der Waals surface area (Å²) < 4.78 is 0. The first kappa shape index (κ1) is 16.3. The first-order valence-corrected chi connectivity index (χ1v) is 8.86. The first-order valence-electron chi connectivity index (χ1n) is 8.86. The Bertz CT molecular complexity index is 253. The van der Waals surface area contributed by atoms with Gasteiger partial charge in [0, 0.05) is 12.1 Å². The Labute approximate surface area is 126 Å². The number of nitrogens with zero attached hydrogens (tertiary/aromatic N) is 2. The minimum atomic E-state index is 0.705. The summed E-state index contributed by atoms with van der Waals surface area (Å²) in [6.07, 6.45) is 8.14. The van der Waals surface area contributed by atoms with Gasteiger partial charge in [0.2, 0.25) is 0 Å². The molecular weight excluding hydrogens is 246 g/mol. The minimum Gasteiger partial charge on any atom is -0.311 e. The van der Waals surface area contributed by atoms with Crippen LogP contribution in [0.2, 0.25) is 0 Å². The van der Waals surface area contributed by atoms with Gasteiger partial charge in [0.25, 0.3) is 0 Å². The van der Waals surface area contributed by atoms with E-state index in [1.54, 1.807) is 0 Å². The van der Waals surface area contributed by atoms with Gasteiger partial charge in [-0.3, -0.25) is 0 Å². The maximum atomic E-state index is 3.93. The van der Waals surface area contributed by atoms with E-state index in [-0.39, 0.29) is 0 Å². The van der Waals surface area contributed by atoms with Crippen molar-refractivity contribution in [1.29, 1.82) is 0 Å². The largest absolute Gasteiger partial charge is 0.311 e. The Kier molecular flexibility index (Phi) is 6.79. The maximum absolute atomic E-state index is 3.93. The summed E-state index contributed by atoms with van der Waals surface area (Å²) in [7, 11) is 2.25. The smallest absolute Gasteiger partial charge is 0.00940 e. The second-order valence-electron chi connectivity index (χ2n) is 7.07. The Morgan fingerprint density at radius 2 is 1.70 bits per heavy atom. The van der Waals surface area contributed by atoms with Crippen molar-refractivity contribution in [3.05, 3.63) is 0 Å². The number of rotatable bonds is 6. The van der Waals surface area contributed by atoms with Crippen LogP contribution in [0.1, 0.15) is 52.4 Å². The van der Waals surface area contributed by atoms with E-state index >= 15 is 0 Å². The molecule has 0 aromatic carbocycles. The van der Waals surface area contributed by atoms with Gasteiger partial charge in [0.15, 0.2) is 0 Å². The predicted molar refractivity (Wildman–Crippen MR) is 87.2 cm³/mol. The van der Waals surface area contributed by atoms with E-state index in [2.05, 4.69) is 36.0 Å². The van der Waals surface area contributed by atoms with Crippen LogP contribution in [-0.2, 0) is 0 Å². The molecule has 0 aliphatic carbocycles. The minimum absolute atomic E-state index is 0.705. The number of hydrogen-bond acceptors (Lipinski definition) is 3. The van der Waals surface area contributed by atoms with Crippen molar-refractivity contribution < 1.29 is 0 Å². The number of likely N-dealkylation sites (tertiary alicyclic amines) is 2. The molecule has 0 saturated carbocycles. The first-order chi connectivity index (χ1) is 9.69. The lowest BCUT2D eigenvalue weighted by Gasteiger charge is -2.38. The summed E-state index contributed by atoms with van der Waals surface area (Å²) in [5, 5.41) is 3.93. The maximum Gasteiger partial charge on any atom is 0.00940 e. The zero-order valence-corrected chi connectivity index (χ0v) is 13.9. The summed E-state index contributed by atoms with van der Waals surface area (Å²) in [6, 6.07) is 1.47. The van der Waals surface area contributed by atoms with Crippen molar-refractivity contribution in [3.63, 3.8) is 0 Å². The summed E-state index contributed by atoms with van der Waals surface area (Å²) in [5.74, 6) is 0.893. The highest BCUT2D eigenvalue weighted by molar-refractivity contribution is 4.84. The van der Waals surface area contributed by atoms with Crippen molar-refractivity contribution in [2.75, 3.05) is 39.8 Å². The van der Waals surface area contributed by atoms with E-state index in [1.807, 2.05) is 0 Å². The molecule has 1 unspecified atom stereocenters. The third-order valence-corrected chi connectivity index (χ3v) is 5.38. The fourth-order valence-corrected chi connectivity index (χ4v) is 3.74. The van der Waals surface area contributed by atoms with E-state index in [0.29, 0.717) is 6.04 Å². The fourth-order valence-electron chi connectivity index (χ4n) is 3.74. The predicted octanol–water partition coefficient (Wildman–Crippen LogP) is 2.57. The van der Waals surface area contributed by atoms with Gasteiger partial charge in [-0.2, -0.15) is 0 Å². The molecule has 0 amide bonds. The zero-order valence-electron chi connectivity index (χ0n) is 13.9. The molecule has 0 spiro atoms. The lowest BCUT2D eigenvalue weighted by atomic mass is 9.89. The van der Waals surface area contributed by atoms with Gasteiger partial charge in [0.1, 0.15) is 0 Å². The van der Waals surface area contributed by atoms with E-state index < -0.39 is 0 Å². The number of nitrogens with one attached hydrogen (secondary N) is 1. The van der Waals surface area contributed by atoms with Gasteiger partial charge in [-0.1, -0.05) is 13.3 Å². The van der Waals surface area contributed by atoms with Crippen LogP contribution in [0.3, 0.4) is 0 Å². The molecule has 118 valence electrons. The summed E-state index contributed by atoms with van der Waals surface area (Å²) >= 11 is 0. The van der Waals surface area contributed by atoms with Crippen molar-refractivity contribution in [3.8, 4) is 0 Å². The van der Waals surface area contributed by atoms with Crippen LogP contribution in [0, 0.1) is 5.92 Å². The summed E-state index contributed by atoms with van der Waals surface area (Å²) in [4.78, 5) is 5.12. The molecule has 2 rings (SSSR count). The van der Waals surface area contributed by atoms with Crippen LogP contribution in [0.25, 0.3) is 0 Å². The van der Waals surface area contributed by atoms with Gasteiger partial charge < -0.3 is 15.1 Å². The Morgan fingerprint density at radius 1 is 1.05 bits per heavy atom. The third kappa shape index (κ3) is 5.01. The average molecular weight is 281 g/mol. The van der Waals surface area contributed by atoms with Crippen LogP contribution in [0.4, 0.5) is 0 Å². The molecule has 0 radical (unpaired) electrons. The highest BCUT2D eigenvalue weighted by atomic mass is 15.1. The van der Waals surface area contributed by atoms with Gasteiger partial charge in [0.05, 0.1) is 0 Å². The molecular formula is C17H35N3. The lowest BCUT2D eigenvalue weighted by molar-refractivity contribution is 0.156. The van der Waals surface area contributed by atoms with E-state index in [9.17, 15) is 0 Å². The third-order valence-electron chi connectivity index (χ3n) is 5.38. The van der Waals surface area contributed by atoms with Crippen molar-refractivity contribution in [2.45, 2.75) is 64.5 Å². The van der Waals surface area contributed by atoms with Gasteiger partial charge >= 0.3 is 0 Å². The summed E-state index contributed by atoms with van der Waals surface area (Å²) in [6.45, 7) is 11.2. The second-order valence-corrected chi connectivity index (χ2v) is 7.07. The average Bonchev–Trinajstić information content (AvgIpc) is 2.47. The van der Waals surface area contributed by atoms with Gasteiger partial charge in [-0.15, -0.1) is 0 Å². The number of hydrogen-bond donors (Lipinski definition) is 1. The topological polar surface area (TPSA) is 18.5 Å².